The molecule has 1 unspecified atom stereocenters. The fourth-order valence-electron chi connectivity index (χ4n) is 2.04. The van der Waals surface area contributed by atoms with Gasteiger partial charge in [0.25, 0.3) is 0 Å². The van der Waals surface area contributed by atoms with Gasteiger partial charge in [-0.15, -0.1) is 0 Å². The lowest BCUT2D eigenvalue weighted by Crippen LogP contribution is -2.21. The number of anilines is 1. The van der Waals surface area contributed by atoms with Gasteiger partial charge in [-0.25, -0.2) is 0 Å². The minimum atomic E-state index is 0.0541. The molecular weight excluding hydrogens is 279 g/mol. The Hall–Kier alpha value is -1.22. The van der Waals surface area contributed by atoms with Crippen molar-refractivity contribution in [1.82, 2.24) is 0 Å². The van der Waals surface area contributed by atoms with Crippen molar-refractivity contribution in [3.05, 3.63) is 63.6 Å². The standard InChI is InChI=1S/C15H16Cl2N2/c1-10-8-12(17)4-7-14(10)15(9-18)19-13-5-2-11(16)3-6-13/h2-8,15,19H,9,18H2,1H3. The monoisotopic (exact) mass is 294 g/mol. The van der Waals surface area contributed by atoms with E-state index in [0.717, 1.165) is 26.9 Å². The number of hydrogen-bond acceptors (Lipinski definition) is 2. The van der Waals surface area contributed by atoms with Crippen LogP contribution in [0.15, 0.2) is 42.5 Å². The van der Waals surface area contributed by atoms with Gasteiger partial charge in [0.15, 0.2) is 0 Å². The molecule has 2 rings (SSSR count). The summed E-state index contributed by atoms with van der Waals surface area (Å²) in [4.78, 5) is 0. The summed E-state index contributed by atoms with van der Waals surface area (Å²) in [5, 5.41) is 4.87. The topological polar surface area (TPSA) is 38.0 Å². The van der Waals surface area contributed by atoms with Crippen molar-refractivity contribution >= 4 is 28.9 Å². The Bertz CT molecular complexity index is 553. The van der Waals surface area contributed by atoms with Crippen LogP contribution in [0.1, 0.15) is 17.2 Å². The smallest absolute Gasteiger partial charge is 0.0638 e. The van der Waals surface area contributed by atoms with Crippen molar-refractivity contribution in [1.29, 1.82) is 0 Å². The average molecular weight is 295 g/mol. The van der Waals surface area contributed by atoms with Crippen LogP contribution in [0, 0.1) is 6.92 Å². The lowest BCUT2D eigenvalue weighted by molar-refractivity contribution is 0.784. The number of benzene rings is 2. The third-order valence-corrected chi connectivity index (χ3v) is 3.52. The van der Waals surface area contributed by atoms with Crippen LogP contribution >= 0.6 is 23.2 Å². The molecule has 0 amide bonds. The average Bonchev–Trinajstić information content (AvgIpc) is 2.39. The molecule has 0 bridgehead atoms. The van der Waals surface area contributed by atoms with Gasteiger partial charge in [-0.2, -0.15) is 0 Å². The van der Waals surface area contributed by atoms with E-state index in [1.54, 1.807) is 0 Å². The van der Waals surface area contributed by atoms with E-state index in [1.165, 1.54) is 0 Å². The molecule has 1 atom stereocenters. The Morgan fingerprint density at radius 2 is 1.68 bits per heavy atom. The van der Waals surface area contributed by atoms with E-state index in [9.17, 15) is 0 Å². The van der Waals surface area contributed by atoms with Gasteiger partial charge in [0.1, 0.15) is 0 Å². The molecule has 0 aliphatic rings. The Labute approximate surface area is 123 Å². The summed E-state index contributed by atoms with van der Waals surface area (Å²) in [6.07, 6.45) is 0. The maximum atomic E-state index is 5.98. The Kier molecular flexibility index (Phi) is 4.70. The minimum absolute atomic E-state index is 0.0541. The summed E-state index contributed by atoms with van der Waals surface area (Å²) in [7, 11) is 0. The Morgan fingerprint density at radius 1 is 1.05 bits per heavy atom. The van der Waals surface area contributed by atoms with Crippen LogP contribution in [0.25, 0.3) is 0 Å². The molecule has 0 heterocycles. The number of halogens is 2. The zero-order valence-corrected chi connectivity index (χ0v) is 12.2. The second kappa shape index (κ2) is 6.29. The van der Waals surface area contributed by atoms with Crippen LogP contribution in [0.5, 0.6) is 0 Å². The molecule has 0 fully saturated rings. The third kappa shape index (κ3) is 3.63. The van der Waals surface area contributed by atoms with Gasteiger partial charge in [-0.05, 0) is 54.4 Å². The van der Waals surface area contributed by atoms with Gasteiger partial charge in [-0.1, -0.05) is 29.3 Å². The van der Waals surface area contributed by atoms with Crippen molar-refractivity contribution in [3.63, 3.8) is 0 Å². The van der Waals surface area contributed by atoms with Crippen LogP contribution in [-0.4, -0.2) is 6.54 Å². The maximum Gasteiger partial charge on any atom is 0.0638 e. The quantitative estimate of drug-likeness (QED) is 0.876. The first-order valence-corrected chi connectivity index (χ1v) is 6.84. The summed E-state index contributed by atoms with van der Waals surface area (Å²) in [6, 6.07) is 13.5. The second-order valence-corrected chi connectivity index (χ2v) is 5.31. The van der Waals surface area contributed by atoms with E-state index in [4.69, 9.17) is 28.9 Å². The number of rotatable bonds is 4. The largest absolute Gasteiger partial charge is 0.377 e. The molecule has 100 valence electrons. The number of hydrogen-bond donors (Lipinski definition) is 2. The van der Waals surface area contributed by atoms with Crippen molar-refractivity contribution in [2.75, 3.05) is 11.9 Å². The van der Waals surface area contributed by atoms with Gasteiger partial charge < -0.3 is 11.1 Å². The first-order chi connectivity index (χ1) is 9.10. The fraction of sp³-hybridized carbons (Fsp3) is 0.200. The molecule has 0 spiro atoms. The zero-order valence-electron chi connectivity index (χ0n) is 10.7. The normalized spacial score (nSPS) is 12.2. The van der Waals surface area contributed by atoms with Gasteiger partial charge >= 0.3 is 0 Å². The maximum absolute atomic E-state index is 5.98. The van der Waals surface area contributed by atoms with Gasteiger partial charge in [-0.3, -0.25) is 0 Å². The molecule has 2 nitrogen and oxygen atoms in total. The Morgan fingerprint density at radius 3 is 2.26 bits per heavy atom. The molecule has 0 saturated carbocycles. The highest BCUT2D eigenvalue weighted by Crippen LogP contribution is 2.25. The van der Waals surface area contributed by atoms with E-state index in [-0.39, 0.29) is 6.04 Å². The highest BCUT2D eigenvalue weighted by atomic mass is 35.5. The van der Waals surface area contributed by atoms with Crippen molar-refractivity contribution in [3.8, 4) is 0 Å². The van der Waals surface area contributed by atoms with Crippen LogP contribution < -0.4 is 11.1 Å². The number of nitrogens with one attached hydrogen (secondary N) is 1. The first-order valence-electron chi connectivity index (χ1n) is 6.08. The number of nitrogens with two attached hydrogens (primary N) is 1. The third-order valence-electron chi connectivity index (χ3n) is 3.03. The predicted octanol–water partition coefficient (Wildman–Crippen LogP) is 4.41. The summed E-state index contributed by atoms with van der Waals surface area (Å²) in [5.74, 6) is 0. The molecule has 0 aliphatic carbocycles. The lowest BCUT2D eigenvalue weighted by atomic mass is 10.0. The van der Waals surface area contributed by atoms with Gasteiger partial charge in [0.05, 0.1) is 6.04 Å². The van der Waals surface area contributed by atoms with Crippen LogP contribution in [0.4, 0.5) is 5.69 Å². The van der Waals surface area contributed by atoms with E-state index < -0.39 is 0 Å². The second-order valence-electron chi connectivity index (χ2n) is 4.44. The van der Waals surface area contributed by atoms with Crippen LogP contribution in [0.2, 0.25) is 10.0 Å². The number of aryl methyl sites for hydroxylation is 1. The highest BCUT2D eigenvalue weighted by molar-refractivity contribution is 6.30. The highest BCUT2D eigenvalue weighted by Gasteiger charge is 2.12. The van der Waals surface area contributed by atoms with Crippen molar-refractivity contribution in [2.24, 2.45) is 5.73 Å². The molecule has 0 aliphatic heterocycles. The first kappa shape index (κ1) is 14.2. The molecule has 0 saturated heterocycles. The van der Waals surface area contributed by atoms with Crippen molar-refractivity contribution < 1.29 is 0 Å². The SMILES string of the molecule is Cc1cc(Cl)ccc1C(CN)Nc1ccc(Cl)cc1. The summed E-state index contributed by atoms with van der Waals surface area (Å²) in [6.45, 7) is 2.54. The molecular formula is C15H16Cl2N2. The molecule has 0 aromatic heterocycles. The van der Waals surface area contributed by atoms with E-state index in [2.05, 4.69) is 5.32 Å². The predicted molar refractivity (Wildman–Crippen MR) is 83.1 cm³/mol. The van der Waals surface area contributed by atoms with Crippen LogP contribution in [0.3, 0.4) is 0 Å². The molecule has 2 aromatic carbocycles. The molecule has 2 aromatic rings. The molecule has 19 heavy (non-hydrogen) atoms. The summed E-state index contributed by atoms with van der Waals surface area (Å²) >= 11 is 11.9. The van der Waals surface area contributed by atoms with E-state index in [1.807, 2.05) is 49.4 Å². The summed E-state index contributed by atoms with van der Waals surface area (Å²) < 4.78 is 0. The minimum Gasteiger partial charge on any atom is -0.377 e. The summed E-state index contributed by atoms with van der Waals surface area (Å²) in [5.41, 5.74) is 9.15. The van der Waals surface area contributed by atoms with Crippen LogP contribution in [-0.2, 0) is 0 Å². The lowest BCUT2D eigenvalue weighted by Gasteiger charge is -2.20. The molecule has 4 heteroatoms. The van der Waals surface area contributed by atoms with E-state index in [0.29, 0.717) is 6.54 Å². The fourth-order valence-corrected chi connectivity index (χ4v) is 2.39. The van der Waals surface area contributed by atoms with Gasteiger partial charge in [0, 0.05) is 22.3 Å². The Balaban J connectivity index is 2.22. The van der Waals surface area contributed by atoms with E-state index >= 15 is 0 Å². The molecule has 0 radical (unpaired) electrons. The van der Waals surface area contributed by atoms with Gasteiger partial charge in [0.2, 0.25) is 0 Å². The zero-order chi connectivity index (χ0) is 13.8. The van der Waals surface area contributed by atoms with Crippen molar-refractivity contribution in [2.45, 2.75) is 13.0 Å². The molecule has 3 N–H and O–H groups in total.